The highest BCUT2D eigenvalue weighted by Crippen LogP contribution is 2.50. The zero-order chi connectivity index (χ0) is 22.8. The van der Waals surface area contributed by atoms with Gasteiger partial charge >= 0.3 is 12.0 Å². The lowest BCUT2D eigenvalue weighted by molar-refractivity contribution is -0.137. The molecule has 3 N–H and O–H groups in total. The first-order valence-electron chi connectivity index (χ1n) is 11.0. The van der Waals surface area contributed by atoms with Gasteiger partial charge in [-0.2, -0.15) is 0 Å². The van der Waals surface area contributed by atoms with Gasteiger partial charge in [0, 0.05) is 24.4 Å². The summed E-state index contributed by atoms with van der Waals surface area (Å²) >= 11 is 6.66. The molecule has 1 fully saturated rings. The molecule has 31 heavy (non-hydrogen) atoms. The first-order chi connectivity index (χ1) is 14.6. The minimum absolute atomic E-state index is 0.0632. The Labute approximate surface area is 189 Å². The Morgan fingerprint density at radius 3 is 2.71 bits per heavy atom. The standard InChI is InChI=1S/C24H33ClN2O4/c1-23(2,3)10-6-17-4-5-18(14-20(17)25)24-11-7-16(9-13-28)19(24)15-27(22(31)26-24)12-8-21(29)30/h4-5,14-16,28H,6-13H2,1-3H3,(H,26,31)(H,29,30). The minimum Gasteiger partial charge on any atom is -0.481 e. The Bertz CT molecular complexity index is 877. The number of carboxylic acid groups (broad SMARTS) is 1. The summed E-state index contributed by atoms with van der Waals surface area (Å²) in [7, 11) is 0. The van der Waals surface area contributed by atoms with Crippen LogP contribution in [0.15, 0.2) is 30.0 Å². The highest BCUT2D eigenvalue weighted by molar-refractivity contribution is 6.31. The molecule has 0 aromatic heterocycles. The van der Waals surface area contributed by atoms with Gasteiger partial charge in [-0.15, -0.1) is 0 Å². The summed E-state index contributed by atoms with van der Waals surface area (Å²) in [6.07, 6.45) is 5.76. The summed E-state index contributed by atoms with van der Waals surface area (Å²) in [5.74, 6) is -0.823. The van der Waals surface area contributed by atoms with E-state index in [0.717, 1.165) is 42.4 Å². The van der Waals surface area contributed by atoms with Gasteiger partial charge in [-0.25, -0.2) is 4.79 Å². The summed E-state index contributed by atoms with van der Waals surface area (Å²) in [4.78, 5) is 25.3. The Hall–Kier alpha value is -2.05. The van der Waals surface area contributed by atoms with Crippen LogP contribution in [0.4, 0.5) is 4.79 Å². The first kappa shape index (κ1) is 23.6. The van der Waals surface area contributed by atoms with Gasteiger partial charge < -0.3 is 20.4 Å². The number of hydrogen-bond donors (Lipinski definition) is 3. The Morgan fingerprint density at radius 2 is 2.10 bits per heavy atom. The third kappa shape index (κ3) is 5.24. The van der Waals surface area contributed by atoms with E-state index in [4.69, 9.17) is 16.7 Å². The number of aliphatic hydroxyl groups is 1. The number of benzene rings is 1. The summed E-state index contributed by atoms with van der Waals surface area (Å²) in [5.41, 5.74) is 2.61. The van der Waals surface area contributed by atoms with Crippen LogP contribution in [-0.4, -0.2) is 40.3 Å². The molecule has 6 nitrogen and oxygen atoms in total. The van der Waals surface area contributed by atoms with Crippen LogP contribution >= 0.6 is 11.6 Å². The second-order valence-electron chi connectivity index (χ2n) is 9.87. The van der Waals surface area contributed by atoms with Gasteiger partial charge in [-0.3, -0.25) is 4.79 Å². The number of carboxylic acids is 1. The highest BCUT2D eigenvalue weighted by atomic mass is 35.5. The monoisotopic (exact) mass is 448 g/mol. The van der Waals surface area contributed by atoms with Crippen LogP contribution in [0.5, 0.6) is 0 Å². The minimum atomic E-state index is -0.945. The molecule has 7 heteroatoms. The van der Waals surface area contributed by atoms with E-state index < -0.39 is 11.5 Å². The van der Waals surface area contributed by atoms with Gasteiger partial charge in [0.1, 0.15) is 0 Å². The molecule has 0 saturated heterocycles. The van der Waals surface area contributed by atoms with Crippen molar-refractivity contribution in [3.05, 3.63) is 46.1 Å². The Balaban J connectivity index is 1.94. The third-order valence-corrected chi connectivity index (χ3v) is 6.76. The summed E-state index contributed by atoms with van der Waals surface area (Å²) < 4.78 is 0. The lowest BCUT2D eigenvalue weighted by Gasteiger charge is -2.40. The van der Waals surface area contributed by atoms with Crippen LogP contribution < -0.4 is 5.32 Å². The molecule has 2 unspecified atom stereocenters. The maximum Gasteiger partial charge on any atom is 0.322 e. The largest absolute Gasteiger partial charge is 0.481 e. The van der Waals surface area contributed by atoms with Crippen molar-refractivity contribution in [2.75, 3.05) is 13.2 Å². The molecule has 2 atom stereocenters. The lowest BCUT2D eigenvalue weighted by atomic mass is 9.80. The zero-order valence-corrected chi connectivity index (χ0v) is 19.3. The summed E-state index contributed by atoms with van der Waals surface area (Å²) in [5, 5.41) is 22.4. The van der Waals surface area contributed by atoms with E-state index >= 15 is 0 Å². The number of nitrogens with zero attached hydrogens (tertiary/aromatic N) is 1. The van der Waals surface area contributed by atoms with Crippen LogP contribution in [0.3, 0.4) is 0 Å². The van der Waals surface area contributed by atoms with Gasteiger partial charge in [-0.1, -0.05) is 44.5 Å². The number of nitrogens with one attached hydrogen (secondary N) is 1. The van der Waals surface area contributed by atoms with Crippen LogP contribution in [0.2, 0.25) is 5.02 Å². The normalized spacial score (nSPS) is 23.4. The molecule has 3 rings (SSSR count). The molecule has 170 valence electrons. The van der Waals surface area contributed by atoms with E-state index in [0.29, 0.717) is 11.4 Å². The van der Waals surface area contributed by atoms with Gasteiger partial charge in [-0.05, 0) is 66.2 Å². The van der Waals surface area contributed by atoms with E-state index in [9.17, 15) is 14.7 Å². The van der Waals surface area contributed by atoms with Crippen molar-refractivity contribution in [2.24, 2.45) is 11.3 Å². The number of aliphatic carboxylic acids is 1. The molecule has 0 spiro atoms. The van der Waals surface area contributed by atoms with E-state index in [2.05, 4.69) is 32.2 Å². The molecule has 0 bridgehead atoms. The second-order valence-corrected chi connectivity index (χ2v) is 10.3. The number of urea groups is 1. The molecule has 1 aromatic carbocycles. The molecular weight excluding hydrogens is 416 g/mol. The SMILES string of the molecule is CC(C)(C)CCc1ccc(C23CCC(CCO)C2=CN(CCC(=O)O)C(=O)N3)cc1Cl. The van der Waals surface area contributed by atoms with Crippen LogP contribution in [0.1, 0.15) is 64.0 Å². The Morgan fingerprint density at radius 1 is 1.35 bits per heavy atom. The molecular formula is C24H33ClN2O4. The van der Waals surface area contributed by atoms with Crippen molar-refractivity contribution < 1.29 is 19.8 Å². The molecule has 0 radical (unpaired) electrons. The van der Waals surface area contributed by atoms with Crippen LogP contribution in [-0.2, 0) is 16.8 Å². The van der Waals surface area contributed by atoms with Crippen molar-refractivity contribution >= 4 is 23.6 Å². The van der Waals surface area contributed by atoms with Gasteiger partial charge in [0.25, 0.3) is 0 Å². The summed E-state index contributed by atoms with van der Waals surface area (Å²) in [6, 6.07) is 5.76. The molecule has 1 aromatic rings. The molecule has 1 aliphatic carbocycles. The number of aliphatic hydroxyl groups excluding tert-OH is 1. The van der Waals surface area contributed by atoms with Crippen molar-refractivity contribution in [1.29, 1.82) is 0 Å². The summed E-state index contributed by atoms with van der Waals surface area (Å²) in [6.45, 7) is 6.79. The first-order valence-corrected chi connectivity index (χ1v) is 11.4. The lowest BCUT2D eigenvalue weighted by Crippen LogP contribution is -2.54. The molecule has 1 saturated carbocycles. The van der Waals surface area contributed by atoms with E-state index in [1.54, 1.807) is 6.20 Å². The molecule has 1 aliphatic heterocycles. The second kappa shape index (κ2) is 9.21. The van der Waals surface area contributed by atoms with Gasteiger partial charge in [0.15, 0.2) is 0 Å². The number of aryl methyl sites for hydroxylation is 1. The predicted molar refractivity (Wildman–Crippen MR) is 121 cm³/mol. The molecule has 2 amide bonds. The van der Waals surface area contributed by atoms with Gasteiger partial charge in [0.05, 0.1) is 12.0 Å². The molecule has 2 aliphatic rings. The number of rotatable bonds is 8. The number of carbonyl (C=O) groups is 2. The predicted octanol–water partition coefficient (Wildman–Crippen LogP) is 4.69. The fourth-order valence-corrected chi connectivity index (χ4v) is 4.89. The van der Waals surface area contributed by atoms with E-state index in [-0.39, 0.29) is 36.9 Å². The maximum atomic E-state index is 12.9. The van der Waals surface area contributed by atoms with Crippen molar-refractivity contribution in [1.82, 2.24) is 10.2 Å². The third-order valence-electron chi connectivity index (χ3n) is 6.41. The topological polar surface area (TPSA) is 89.9 Å². The number of amides is 2. The highest BCUT2D eigenvalue weighted by Gasteiger charge is 2.49. The number of carbonyl (C=O) groups excluding carboxylic acids is 1. The van der Waals surface area contributed by atoms with Crippen molar-refractivity contribution in [2.45, 2.75) is 64.8 Å². The number of halogens is 1. The fraction of sp³-hybridized carbons (Fsp3) is 0.583. The van der Waals surface area contributed by atoms with E-state index in [1.807, 2.05) is 12.1 Å². The average molecular weight is 449 g/mol. The molecule has 1 heterocycles. The average Bonchev–Trinajstić information content (AvgIpc) is 3.03. The van der Waals surface area contributed by atoms with E-state index in [1.165, 1.54) is 4.90 Å². The van der Waals surface area contributed by atoms with Crippen LogP contribution in [0.25, 0.3) is 0 Å². The van der Waals surface area contributed by atoms with Crippen molar-refractivity contribution in [3.8, 4) is 0 Å². The van der Waals surface area contributed by atoms with Crippen molar-refractivity contribution in [3.63, 3.8) is 0 Å². The van der Waals surface area contributed by atoms with Gasteiger partial charge in [0.2, 0.25) is 0 Å². The quantitative estimate of drug-likeness (QED) is 0.538. The Kier molecular flexibility index (Phi) is 7.01. The fourth-order valence-electron chi connectivity index (χ4n) is 4.62. The zero-order valence-electron chi connectivity index (χ0n) is 18.6. The maximum absolute atomic E-state index is 12.9. The smallest absolute Gasteiger partial charge is 0.322 e. The number of hydrogen-bond acceptors (Lipinski definition) is 3. The number of fused-ring (bicyclic) bond motifs is 1. The van der Waals surface area contributed by atoms with Crippen LogP contribution in [0, 0.1) is 11.3 Å².